The number of methoxy groups -OCH3 is 1. The fourth-order valence-corrected chi connectivity index (χ4v) is 2.36. The van der Waals surface area contributed by atoms with E-state index in [4.69, 9.17) is 4.74 Å². The van der Waals surface area contributed by atoms with Crippen molar-refractivity contribution in [1.29, 1.82) is 0 Å². The first-order valence-corrected chi connectivity index (χ1v) is 8.85. The van der Waals surface area contributed by atoms with Gasteiger partial charge in [-0.2, -0.15) is 0 Å². The number of aliphatic imine (C=N–C) groups is 1. The van der Waals surface area contributed by atoms with E-state index in [9.17, 15) is 9.90 Å². The molecule has 0 radical (unpaired) electrons. The number of hydrogen-bond acceptors (Lipinski definition) is 4. The maximum absolute atomic E-state index is 12.0. The van der Waals surface area contributed by atoms with Gasteiger partial charge in [0.15, 0.2) is 5.96 Å². The predicted molar refractivity (Wildman–Crippen MR) is 122 cm³/mol. The molecule has 28 heavy (non-hydrogen) atoms. The first-order valence-electron chi connectivity index (χ1n) is 8.85. The van der Waals surface area contributed by atoms with Gasteiger partial charge in [0.1, 0.15) is 11.5 Å². The molecule has 4 N–H and O–H groups in total. The van der Waals surface area contributed by atoms with Gasteiger partial charge in [-0.05, 0) is 36.8 Å². The molecule has 2 aromatic carbocycles. The Bertz CT molecular complexity index is 766. The molecule has 2 rings (SSSR count). The summed E-state index contributed by atoms with van der Waals surface area (Å²) in [5, 5.41) is 18.8. The van der Waals surface area contributed by atoms with Crippen molar-refractivity contribution in [3.63, 3.8) is 0 Å². The van der Waals surface area contributed by atoms with Gasteiger partial charge in [-0.15, -0.1) is 24.0 Å². The Morgan fingerprint density at radius 3 is 2.36 bits per heavy atom. The number of nitrogens with zero attached hydrogens (tertiary/aromatic N) is 1. The highest BCUT2D eigenvalue weighted by Gasteiger charge is 2.09. The molecule has 0 heterocycles. The van der Waals surface area contributed by atoms with E-state index in [2.05, 4.69) is 20.9 Å². The van der Waals surface area contributed by atoms with Crippen LogP contribution in [0.25, 0.3) is 0 Å². The van der Waals surface area contributed by atoms with E-state index in [1.807, 2.05) is 31.2 Å². The van der Waals surface area contributed by atoms with Gasteiger partial charge in [-0.1, -0.05) is 24.3 Å². The smallest absolute Gasteiger partial charge is 0.255 e. The normalized spacial score (nSPS) is 10.6. The summed E-state index contributed by atoms with van der Waals surface area (Å²) in [5.74, 6) is 1.14. The zero-order valence-corrected chi connectivity index (χ0v) is 18.4. The largest absolute Gasteiger partial charge is 0.507 e. The summed E-state index contributed by atoms with van der Waals surface area (Å²) in [7, 11) is 1.64. The van der Waals surface area contributed by atoms with Gasteiger partial charge in [0.25, 0.3) is 5.91 Å². The van der Waals surface area contributed by atoms with Crippen LogP contribution >= 0.6 is 24.0 Å². The monoisotopic (exact) mass is 498 g/mol. The number of halogens is 1. The lowest BCUT2D eigenvalue weighted by Crippen LogP contribution is -2.41. The fourth-order valence-electron chi connectivity index (χ4n) is 2.36. The Kier molecular flexibility index (Phi) is 10.8. The maximum Gasteiger partial charge on any atom is 0.255 e. The third-order valence-electron chi connectivity index (χ3n) is 3.77. The molecule has 0 saturated carbocycles. The lowest BCUT2D eigenvalue weighted by molar-refractivity contribution is 0.0951. The second-order valence-electron chi connectivity index (χ2n) is 5.74. The number of benzene rings is 2. The predicted octanol–water partition coefficient (Wildman–Crippen LogP) is 2.50. The number of guanidine groups is 1. The first kappa shape index (κ1) is 23.5. The molecule has 0 aliphatic heterocycles. The molecule has 0 aliphatic carbocycles. The van der Waals surface area contributed by atoms with Crippen molar-refractivity contribution in [2.75, 3.05) is 26.7 Å². The molecule has 0 bridgehead atoms. The van der Waals surface area contributed by atoms with Crippen LogP contribution in [-0.2, 0) is 6.54 Å². The van der Waals surface area contributed by atoms with E-state index in [1.54, 1.807) is 25.3 Å². The number of phenols is 1. The average Bonchev–Trinajstić information content (AvgIpc) is 2.69. The molecule has 2 aromatic rings. The standard InChI is InChI=1S/C20H26N4O3.HI/c1-3-21-20(24-14-15-8-10-16(27-2)11-9-15)23-13-12-22-19(26)17-6-4-5-7-18(17)25;/h4-11,25H,3,12-14H2,1-2H3,(H,22,26)(H2,21,23,24);1H. The van der Waals surface area contributed by atoms with Gasteiger partial charge >= 0.3 is 0 Å². The third-order valence-corrected chi connectivity index (χ3v) is 3.77. The molecule has 7 nitrogen and oxygen atoms in total. The Hall–Kier alpha value is -2.49. The minimum absolute atomic E-state index is 0. The van der Waals surface area contributed by atoms with Gasteiger partial charge in [0.05, 0.1) is 19.2 Å². The quantitative estimate of drug-likeness (QED) is 0.194. The highest BCUT2D eigenvalue weighted by molar-refractivity contribution is 14.0. The van der Waals surface area contributed by atoms with Gasteiger partial charge in [0.2, 0.25) is 0 Å². The molecule has 0 aliphatic rings. The molecular formula is C20H27IN4O3. The van der Waals surface area contributed by atoms with Crippen molar-refractivity contribution < 1.29 is 14.6 Å². The van der Waals surface area contributed by atoms with E-state index in [-0.39, 0.29) is 41.2 Å². The zero-order chi connectivity index (χ0) is 19.5. The lowest BCUT2D eigenvalue weighted by Gasteiger charge is -2.12. The van der Waals surface area contributed by atoms with Crippen molar-refractivity contribution in [1.82, 2.24) is 16.0 Å². The number of phenolic OH excluding ortho intramolecular Hbond substituents is 1. The highest BCUT2D eigenvalue weighted by Crippen LogP contribution is 2.14. The Morgan fingerprint density at radius 1 is 1.04 bits per heavy atom. The van der Waals surface area contributed by atoms with Crippen LogP contribution in [0.15, 0.2) is 53.5 Å². The SMILES string of the molecule is CCNC(=NCc1ccc(OC)cc1)NCCNC(=O)c1ccccc1O.I. The van der Waals surface area contributed by atoms with E-state index in [0.29, 0.717) is 25.6 Å². The highest BCUT2D eigenvalue weighted by atomic mass is 127. The number of rotatable bonds is 8. The number of para-hydroxylation sites is 1. The van der Waals surface area contributed by atoms with Crippen LogP contribution in [0.2, 0.25) is 0 Å². The Balaban J connectivity index is 0.00000392. The summed E-state index contributed by atoms with van der Waals surface area (Å²) in [6, 6.07) is 14.2. The fraction of sp³-hybridized carbons (Fsp3) is 0.300. The van der Waals surface area contributed by atoms with E-state index in [1.165, 1.54) is 6.07 Å². The topological polar surface area (TPSA) is 95.0 Å². The summed E-state index contributed by atoms with van der Waals surface area (Å²) in [5.41, 5.74) is 1.33. The van der Waals surface area contributed by atoms with Crippen LogP contribution in [0.1, 0.15) is 22.8 Å². The molecule has 0 aromatic heterocycles. The number of nitrogens with one attached hydrogen (secondary N) is 3. The Morgan fingerprint density at radius 2 is 1.71 bits per heavy atom. The minimum atomic E-state index is -0.310. The second-order valence-corrected chi connectivity index (χ2v) is 5.74. The minimum Gasteiger partial charge on any atom is -0.507 e. The molecular weight excluding hydrogens is 471 g/mol. The maximum atomic E-state index is 12.0. The average molecular weight is 498 g/mol. The number of carbonyl (C=O) groups is 1. The van der Waals surface area contributed by atoms with Crippen molar-refractivity contribution in [2.45, 2.75) is 13.5 Å². The molecule has 0 spiro atoms. The summed E-state index contributed by atoms with van der Waals surface area (Å²) in [6.45, 7) is 4.17. The van der Waals surface area contributed by atoms with Crippen molar-refractivity contribution in [2.24, 2.45) is 4.99 Å². The van der Waals surface area contributed by atoms with Crippen LogP contribution in [-0.4, -0.2) is 43.7 Å². The van der Waals surface area contributed by atoms with E-state index in [0.717, 1.165) is 17.9 Å². The molecule has 0 unspecified atom stereocenters. The molecule has 1 amide bonds. The van der Waals surface area contributed by atoms with Crippen molar-refractivity contribution >= 4 is 35.8 Å². The van der Waals surface area contributed by atoms with Gasteiger partial charge in [-0.25, -0.2) is 4.99 Å². The number of carbonyl (C=O) groups excluding carboxylic acids is 1. The number of aromatic hydroxyl groups is 1. The van der Waals surface area contributed by atoms with Gasteiger partial charge in [-0.3, -0.25) is 4.79 Å². The van der Waals surface area contributed by atoms with Gasteiger partial charge in [0, 0.05) is 19.6 Å². The van der Waals surface area contributed by atoms with E-state index >= 15 is 0 Å². The molecule has 0 fully saturated rings. The third kappa shape index (κ3) is 7.63. The van der Waals surface area contributed by atoms with Crippen LogP contribution in [0.5, 0.6) is 11.5 Å². The Labute approximate surface area is 182 Å². The number of ether oxygens (including phenoxy) is 1. The lowest BCUT2D eigenvalue weighted by atomic mass is 10.2. The summed E-state index contributed by atoms with van der Waals surface area (Å²) in [4.78, 5) is 16.6. The van der Waals surface area contributed by atoms with Crippen molar-refractivity contribution in [3.8, 4) is 11.5 Å². The summed E-state index contributed by atoms with van der Waals surface area (Å²) >= 11 is 0. The van der Waals surface area contributed by atoms with Crippen LogP contribution in [0.3, 0.4) is 0 Å². The number of hydrogen-bond donors (Lipinski definition) is 4. The molecule has 0 atom stereocenters. The summed E-state index contributed by atoms with van der Waals surface area (Å²) in [6.07, 6.45) is 0. The van der Waals surface area contributed by atoms with Crippen LogP contribution < -0.4 is 20.7 Å². The van der Waals surface area contributed by atoms with E-state index < -0.39 is 0 Å². The molecule has 152 valence electrons. The number of amides is 1. The van der Waals surface area contributed by atoms with Crippen LogP contribution in [0.4, 0.5) is 0 Å². The van der Waals surface area contributed by atoms with Gasteiger partial charge < -0.3 is 25.8 Å². The molecule has 8 heteroatoms. The van der Waals surface area contributed by atoms with Crippen LogP contribution in [0, 0.1) is 0 Å². The molecule has 0 saturated heterocycles. The second kappa shape index (κ2) is 12.8. The zero-order valence-electron chi connectivity index (χ0n) is 16.1. The van der Waals surface area contributed by atoms with Crippen molar-refractivity contribution in [3.05, 3.63) is 59.7 Å². The summed E-state index contributed by atoms with van der Waals surface area (Å²) < 4.78 is 5.15. The first-order chi connectivity index (χ1) is 13.1.